The fourth-order valence-electron chi connectivity index (χ4n) is 2.87. The van der Waals surface area contributed by atoms with Crippen LogP contribution in [0.2, 0.25) is 0 Å². The van der Waals surface area contributed by atoms with Gasteiger partial charge in [0, 0.05) is 6.04 Å². The van der Waals surface area contributed by atoms with Gasteiger partial charge in [0.1, 0.15) is 5.41 Å². The zero-order valence-corrected chi connectivity index (χ0v) is 10.8. The van der Waals surface area contributed by atoms with Gasteiger partial charge in [0.25, 0.3) is 0 Å². The second-order valence-electron chi connectivity index (χ2n) is 5.02. The highest BCUT2D eigenvalue weighted by Crippen LogP contribution is 2.39. The number of likely N-dealkylation sites (N-methyl/N-ethyl adjacent to an activating group) is 1. The molecule has 18 heavy (non-hydrogen) atoms. The summed E-state index contributed by atoms with van der Waals surface area (Å²) in [7, 11) is 3.86. The molecule has 0 spiro atoms. The maximum Gasteiger partial charge on any atom is 0.316 e. The van der Waals surface area contributed by atoms with Crippen molar-refractivity contribution >= 4 is 5.97 Å². The lowest BCUT2D eigenvalue weighted by Gasteiger charge is -2.41. The summed E-state index contributed by atoms with van der Waals surface area (Å²) in [4.78, 5) is 13.9. The topological polar surface area (TPSA) is 40.5 Å². The number of hydrogen-bond donors (Lipinski definition) is 1. The fraction of sp³-hybridized carbons (Fsp3) is 0.400. The van der Waals surface area contributed by atoms with E-state index in [0.717, 1.165) is 12.0 Å². The summed E-state index contributed by atoms with van der Waals surface area (Å²) in [6, 6.07) is 9.47. The third-order valence-electron chi connectivity index (χ3n) is 3.76. The number of allylic oxidation sites excluding steroid dienone is 1. The van der Waals surface area contributed by atoms with Crippen molar-refractivity contribution in [2.24, 2.45) is 0 Å². The van der Waals surface area contributed by atoms with E-state index in [1.54, 1.807) is 0 Å². The van der Waals surface area contributed by atoms with Crippen LogP contribution in [0.4, 0.5) is 0 Å². The summed E-state index contributed by atoms with van der Waals surface area (Å²) in [5.41, 5.74) is 0.0556. The molecule has 0 saturated carbocycles. The molecule has 1 aliphatic carbocycles. The van der Waals surface area contributed by atoms with E-state index in [1.165, 1.54) is 0 Å². The van der Waals surface area contributed by atoms with Crippen molar-refractivity contribution in [3.8, 4) is 0 Å². The van der Waals surface area contributed by atoms with E-state index in [1.807, 2.05) is 55.4 Å². The predicted molar refractivity (Wildman–Crippen MR) is 71.6 cm³/mol. The highest BCUT2D eigenvalue weighted by Gasteiger charge is 2.48. The normalized spacial score (nSPS) is 27.4. The summed E-state index contributed by atoms with van der Waals surface area (Å²) in [5, 5.41) is 9.80. The number of benzene rings is 1. The van der Waals surface area contributed by atoms with Gasteiger partial charge in [0.15, 0.2) is 0 Å². The maximum atomic E-state index is 11.9. The van der Waals surface area contributed by atoms with Crippen molar-refractivity contribution in [2.75, 3.05) is 14.1 Å². The Morgan fingerprint density at radius 1 is 1.33 bits per heavy atom. The predicted octanol–water partition coefficient (Wildman–Crippen LogP) is 2.29. The molecule has 0 heterocycles. The molecule has 0 fully saturated rings. The first kappa shape index (κ1) is 12.8. The largest absolute Gasteiger partial charge is 0.481 e. The van der Waals surface area contributed by atoms with Crippen LogP contribution in [0.25, 0.3) is 0 Å². The summed E-state index contributed by atoms with van der Waals surface area (Å²) in [6.45, 7) is 0. The minimum Gasteiger partial charge on any atom is -0.481 e. The van der Waals surface area contributed by atoms with Crippen LogP contribution < -0.4 is 0 Å². The molecule has 0 amide bonds. The van der Waals surface area contributed by atoms with Crippen molar-refractivity contribution in [1.82, 2.24) is 4.90 Å². The van der Waals surface area contributed by atoms with Crippen molar-refractivity contribution in [1.29, 1.82) is 0 Å². The molecule has 0 aliphatic heterocycles. The number of rotatable bonds is 3. The van der Waals surface area contributed by atoms with E-state index in [0.29, 0.717) is 6.42 Å². The first-order valence-electron chi connectivity index (χ1n) is 6.21. The van der Waals surface area contributed by atoms with Gasteiger partial charge in [0.05, 0.1) is 0 Å². The second-order valence-corrected chi connectivity index (χ2v) is 5.02. The lowest BCUT2D eigenvalue weighted by atomic mass is 9.68. The van der Waals surface area contributed by atoms with E-state index in [4.69, 9.17) is 0 Å². The van der Waals surface area contributed by atoms with Gasteiger partial charge in [-0.1, -0.05) is 42.5 Å². The number of carbonyl (C=O) groups is 1. The molecule has 2 atom stereocenters. The second kappa shape index (κ2) is 4.94. The molecule has 96 valence electrons. The van der Waals surface area contributed by atoms with Crippen molar-refractivity contribution < 1.29 is 9.90 Å². The Morgan fingerprint density at radius 2 is 2.00 bits per heavy atom. The standard InChI is InChI=1S/C15H19NO2/c1-16(2)13-10-6-7-11-15(13,14(17)18)12-8-4-3-5-9-12/h3-6,8-10,13H,7,11H2,1-2H3,(H,17,18)/t13-,15+/m1/s1. The Hall–Kier alpha value is -1.61. The molecule has 0 bridgehead atoms. The summed E-state index contributed by atoms with van der Waals surface area (Å²) in [5.74, 6) is -0.739. The van der Waals surface area contributed by atoms with E-state index in [-0.39, 0.29) is 6.04 Å². The van der Waals surface area contributed by atoms with Gasteiger partial charge in [-0.25, -0.2) is 0 Å². The number of aliphatic carboxylic acids is 1. The molecule has 0 saturated heterocycles. The fourth-order valence-corrected chi connectivity index (χ4v) is 2.87. The van der Waals surface area contributed by atoms with E-state index in [9.17, 15) is 9.90 Å². The monoisotopic (exact) mass is 245 g/mol. The first-order valence-corrected chi connectivity index (χ1v) is 6.21. The van der Waals surface area contributed by atoms with E-state index < -0.39 is 11.4 Å². The van der Waals surface area contributed by atoms with Crippen LogP contribution in [0.5, 0.6) is 0 Å². The Bertz CT molecular complexity index is 453. The third-order valence-corrected chi connectivity index (χ3v) is 3.76. The number of carboxylic acids is 1. The number of hydrogen-bond acceptors (Lipinski definition) is 2. The minimum atomic E-state index is -0.834. The van der Waals surface area contributed by atoms with Crippen LogP contribution in [-0.4, -0.2) is 36.1 Å². The van der Waals surface area contributed by atoms with Crippen LogP contribution >= 0.6 is 0 Å². The molecular formula is C15H19NO2. The third kappa shape index (κ3) is 1.95. The SMILES string of the molecule is CN(C)[C@@H]1C=CCC[C@]1(C(=O)O)c1ccccc1. The molecule has 1 aromatic rings. The quantitative estimate of drug-likeness (QED) is 0.831. The molecule has 0 unspecified atom stereocenters. The van der Waals surface area contributed by atoms with Gasteiger partial charge in [-0.2, -0.15) is 0 Å². The van der Waals surface area contributed by atoms with Crippen LogP contribution in [0.15, 0.2) is 42.5 Å². The van der Waals surface area contributed by atoms with Gasteiger partial charge >= 0.3 is 5.97 Å². The van der Waals surface area contributed by atoms with Crippen LogP contribution in [-0.2, 0) is 10.2 Å². The lowest BCUT2D eigenvalue weighted by molar-refractivity contribution is -0.146. The zero-order chi connectivity index (χ0) is 13.2. The smallest absolute Gasteiger partial charge is 0.316 e. The molecule has 0 aromatic heterocycles. The van der Waals surface area contributed by atoms with Gasteiger partial charge in [-0.3, -0.25) is 4.79 Å². The Kier molecular flexibility index (Phi) is 3.53. The molecule has 1 aromatic carbocycles. The van der Waals surface area contributed by atoms with E-state index in [2.05, 4.69) is 6.08 Å². The van der Waals surface area contributed by atoms with Gasteiger partial charge < -0.3 is 10.0 Å². The lowest BCUT2D eigenvalue weighted by Crippen LogP contribution is -2.53. The Morgan fingerprint density at radius 3 is 2.56 bits per heavy atom. The molecular weight excluding hydrogens is 226 g/mol. The first-order chi connectivity index (χ1) is 8.59. The zero-order valence-electron chi connectivity index (χ0n) is 10.8. The van der Waals surface area contributed by atoms with Gasteiger partial charge in [-0.15, -0.1) is 0 Å². The average molecular weight is 245 g/mol. The molecule has 3 nitrogen and oxygen atoms in total. The van der Waals surface area contributed by atoms with Gasteiger partial charge in [-0.05, 0) is 32.5 Å². The molecule has 1 aliphatic rings. The average Bonchev–Trinajstić information content (AvgIpc) is 2.39. The van der Waals surface area contributed by atoms with E-state index >= 15 is 0 Å². The summed E-state index contributed by atoms with van der Waals surface area (Å²) < 4.78 is 0. The molecule has 1 N–H and O–H groups in total. The number of carboxylic acid groups (broad SMARTS) is 1. The molecule has 2 rings (SSSR count). The highest BCUT2D eigenvalue weighted by atomic mass is 16.4. The Balaban J connectivity index is 2.56. The summed E-state index contributed by atoms with van der Waals surface area (Å²) >= 11 is 0. The van der Waals surface area contributed by atoms with Crippen LogP contribution in [0.1, 0.15) is 18.4 Å². The van der Waals surface area contributed by atoms with Crippen molar-refractivity contribution in [2.45, 2.75) is 24.3 Å². The molecule has 0 radical (unpaired) electrons. The maximum absolute atomic E-state index is 11.9. The van der Waals surface area contributed by atoms with Crippen LogP contribution in [0.3, 0.4) is 0 Å². The van der Waals surface area contributed by atoms with Gasteiger partial charge in [0.2, 0.25) is 0 Å². The number of nitrogens with zero attached hydrogens (tertiary/aromatic N) is 1. The van der Waals surface area contributed by atoms with Crippen molar-refractivity contribution in [3.05, 3.63) is 48.0 Å². The summed E-state index contributed by atoms with van der Waals surface area (Å²) in [6.07, 6.45) is 5.55. The molecule has 3 heteroatoms. The Labute approximate surface area is 108 Å². The highest BCUT2D eigenvalue weighted by molar-refractivity contribution is 5.83. The minimum absolute atomic E-state index is 0.105. The van der Waals surface area contributed by atoms with Crippen LogP contribution in [0, 0.1) is 0 Å². The van der Waals surface area contributed by atoms with Crippen molar-refractivity contribution in [3.63, 3.8) is 0 Å².